The summed E-state index contributed by atoms with van der Waals surface area (Å²) in [6.45, 7) is 1.12. The molecule has 0 aliphatic carbocycles. The summed E-state index contributed by atoms with van der Waals surface area (Å²) < 4.78 is 5.67. The number of rotatable bonds is 3. The van der Waals surface area contributed by atoms with Crippen molar-refractivity contribution in [1.29, 1.82) is 0 Å². The molecule has 2 aromatic rings. The molecule has 0 aromatic heterocycles. The third-order valence-electron chi connectivity index (χ3n) is 3.82. The van der Waals surface area contributed by atoms with E-state index < -0.39 is 10.9 Å². The van der Waals surface area contributed by atoms with Crippen LogP contribution < -0.4 is 4.90 Å². The summed E-state index contributed by atoms with van der Waals surface area (Å²) in [4.78, 5) is 24.5. The van der Waals surface area contributed by atoms with E-state index in [0.717, 1.165) is 15.6 Å². The van der Waals surface area contributed by atoms with Crippen molar-refractivity contribution >= 4 is 33.3 Å². The first-order valence-corrected chi connectivity index (χ1v) is 7.68. The minimum Gasteiger partial charge on any atom is -0.465 e. The molecule has 3 rings (SSSR count). The second-order valence-corrected chi connectivity index (χ2v) is 6.14. The van der Waals surface area contributed by atoms with Crippen LogP contribution in [0.15, 0.2) is 40.9 Å². The zero-order valence-electron chi connectivity index (χ0n) is 12.3. The van der Waals surface area contributed by atoms with Gasteiger partial charge in [-0.15, -0.1) is 0 Å². The van der Waals surface area contributed by atoms with Crippen LogP contribution in [0.25, 0.3) is 0 Å². The molecule has 7 heteroatoms. The number of carbonyl (C=O) groups excluding carboxylic acids is 1. The number of esters is 1. The number of benzene rings is 2. The summed E-state index contributed by atoms with van der Waals surface area (Å²) in [7, 11) is 1.28. The molecule has 6 nitrogen and oxygen atoms in total. The Bertz CT molecular complexity index is 807. The maximum atomic E-state index is 11.7. The Labute approximate surface area is 140 Å². The summed E-state index contributed by atoms with van der Waals surface area (Å²) >= 11 is 3.43. The van der Waals surface area contributed by atoms with E-state index in [2.05, 4.69) is 15.9 Å². The number of halogens is 1. The van der Waals surface area contributed by atoms with Gasteiger partial charge >= 0.3 is 5.97 Å². The van der Waals surface area contributed by atoms with Crippen molar-refractivity contribution in [2.24, 2.45) is 0 Å². The average molecular weight is 377 g/mol. The number of nitro groups is 1. The van der Waals surface area contributed by atoms with Gasteiger partial charge in [0.15, 0.2) is 0 Å². The second kappa shape index (κ2) is 6.00. The SMILES string of the molecule is COC(=O)c1ccc([N+](=O)[O-])c(N2Cc3ccc(Br)cc3C2)c1. The fourth-order valence-corrected chi connectivity index (χ4v) is 3.12. The molecule has 0 N–H and O–H groups in total. The smallest absolute Gasteiger partial charge is 0.337 e. The topological polar surface area (TPSA) is 72.7 Å². The summed E-state index contributed by atoms with van der Waals surface area (Å²) in [5.74, 6) is -0.513. The molecule has 0 radical (unpaired) electrons. The van der Waals surface area contributed by atoms with E-state index in [1.807, 2.05) is 23.1 Å². The lowest BCUT2D eigenvalue weighted by atomic mass is 10.1. The van der Waals surface area contributed by atoms with E-state index in [1.165, 1.54) is 25.3 Å². The predicted molar refractivity (Wildman–Crippen MR) is 88.5 cm³/mol. The summed E-state index contributed by atoms with van der Waals surface area (Å²) in [6, 6.07) is 10.2. The Kier molecular flexibility index (Phi) is 4.04. The number of hydrogen-bond donors (Lipinski definition) is 0. The monoisotopic (exact) mass is 376 g/mol. The highest BCUT2D eigenvalue weighted by Crippen LogP contribution is 2.36. The Hall–Kier alpha value is -2.41. The summed E-state index contributed by atoms with van der Waals surface area (Å²) in [5.41, 5.74) is 2.92. The molecule has 0 saturated carbocycles. The van der Waals surface area contributed by atoms with E-state index in [-0.39, 0.29) is 5.69 Å². The zero-order valence-corrected chi connectivity index (χ0v) is 13.9. The molecule has 1 heterocycles. The van der Waals surface area contributed by atoms with Gasteiger partial charge in [-0.05, 0) is 35.4 Å². The van der Waals surface area contributed by atoms with Crippen molar-refractivity contribution in [3.05, 3.63) is 67.7 Å². The molecule has 2 aromatic carbocycles. The highest BCUT2D eigenvalue weighted by molar-refractivity contribution is 9.10. The zero-order chi connectivity index (χ0) is 16.6. The molecular formula is C16H13BrN2O4. The van der Waals surface area contributed by atoms with Crippen LogP contribution in [-0.4, -0.2) is 18.0 Å². The first-order valence-electron chi connectivity index (χ1n) is 6.88. The van der Waals surface area contributed by atoms with Crippen molar-refractivity contribution in [1.82, 2.24) is 0 Å². The molecule has 1 aliphatic rings. The Morgan fingerprint density at radius 1 is 1.22 bits per heavy atom. The predicted octanol–water partition coefficient (Wildman–Crippen LogP) is 3.66. The fourth-order valence-electron chi connectivity index (χ4n) is 2.71. The van der Waals surface area contributed by atoms with Crippen molar-refractivity contribution in [3.63, 3.8) is 0 Å². The van der Waals surface area contributed by atoms with Crippen LogP contribution in [-0.2, 0) is 17.8 Å². The van der Waals surface area contributed by atoms with Crippen molar-refractivity contribution in [2.45, 2.75) is 13.1 Å². The van der Waals surface area contributed by atoms with Gasteiger partial charge in [0.25, 0.3) is 5.69 Å². The highest BCUT2D eigenvalue weighted by atomic mass is 79.9. The fraction of sp³-hybridized carbons (Fsp3) is 0.188. The van der Waals surface area contributed by atoms with Crippen LogP contribution in [0.1, 0.15) is 21.5 Å². The Balaban J connectivity index is 2.02. The van der Waals surface area contributed by atoms with Crippen LogP contribution in [0.2, 0.25) is 0 Å². The van der Waals surface area contributed by atoms with Crippen LogP contribution in [0.4, 0.5) is 11.4 Å². The second-order valence-electron chi connectivity index (χ2n) is 5.22. The first kappa shape index (κ1) is 15.5. The molecule has 0 unspecified atom stereocenters. The minimum absolute atomic E-state index is 0.0236. The van der Waals surface area contributed by atoms with E-state index in [1.54, 1.807) is 0 Å². The van der Waals surface area contributed by atoms with Gasteiger partial charge < -0.3 is 9.64 Å². The molecule has 118 valence electrons. The van der Waals surface area contributed by atoms with Crippen molar-refractivity contribution < 1.29 is 14.5 Å². The van der Waals surface area contributed by atoms with E-state index in [9.17, 15) is 14.9 Å². The quantitative estimate of drug-likeness (QED) is 0.464. The molecule has 1 aliphatic heterocycles. The normalized spacial score (nSPS) is 12.9. The lowest BCUT2D eigenvalue weighted by molar-refractivity contribution is -0.384. The van der Waals surface area contributed by atoms with Gasteiger partial charge in [-0.1, -0.05) is 22.0 Å². The lowest BCUT2D eigenvalue weighted by Crippen LogP contribution is -2.17. The number of nitro benzene ring substituents is 1. The van der Waals surface area contributed by atoms with Crippen LogP contribution in [0.5, 0.6) is 0 Å². The number of ether oxygens (including phenoxy) is 1. The molecule has 0 amide bonds. The van der Waals surface area contributed by atoms with Gasteiger partial charge in [0.1, 0.15) is 5.69 Å². The van der Waals surface area contributed by atoms with Gasteiger partial charge in [-0.3, -0.25) is 10.1 Å². The largest absolute Gasteiger partial charge is 0.465 e. The first-order chi connectivity index (χ1) is 11.0. The Morgan fingerprint density at radius 2 is 1.96 bits per heavy atom. The lowest BCUT2D eigenvalue weighted by Gasteiger charge is -2.18. The number of hydrogen-bond acceptors (Lipinski definition) is 5. The standard InChI is InChI=1S/C16H13BrN2O4/c1-23-16(20)10-3-5-14(19(21)22)15(7-10)18-8-11-2-4-13(17)6-12(11)9-18/h2-7H,8-9H2,1H3. The molecular weight excluding hydrogens is 364 g/mol. The van der Waals surface area contributed by atoms with E-state index in [0.29, 0.717) is 24.3 Å². The highest BCUT2D eigenvalue weighted by Gasteiger charge is 2.26. The number of anilines is 1. The number of fused-ring (bicyclic) bond motifs is 1. The van der Waals surface area contributed by atoms with Crippen LogP contribution in [0, 0.1) is 10.1 Å². The molecule has 0 spiro atoms. The molecule has 0 bridgehead atoms. The molecule has 23 heavy (non-hydrogen) atoms. The van der Waals surface area contributed by atoms with Crippen LogP contribution in [0.3, 0.4) is 0 Å². The maximum absolute atomic E-state index is 11.7. The van der Waals surface area contributed by atoms with Gasteiger partial charge in [-0.2, -0.15) is 0 Å². The third-order valence-corrected chi connectivity index (χ3v) is 4.32. The molecule has 0 saturated heterocycles. The van der Waals surface area contributed by atoms with E-state index >= 15 is 0 Å². The summed E-state index contributed by atoms with van der Waals surface area (Å²) in [5, 5.41) is 11.3. The average Bonchev–Trinajstić information content (AvgIpc) is 2.96. The minimum atomic E-state index is -0.513. The number of methoxy groups -OCH3 is 1. The van der Waals surface area contributed by atoms with Gasteiger partial charge in [0, 0.05) is 23.6 Å². The number of nitrogens with zero attached hydrogens (tertiary/aromatic N) is 2. The third kappa shape index (κ3) is 2.92. The van der Waals surface area contributed by atoms with Crippen molar-refractivity contribution in [2.75, 3.05) is 12.0 Å². The van der Waals surface area contributed by atoms with Crippen molar-refractivity contribution in [3.8, 4) is 0 Å². The van der Waals surface area contributed by atoms with Gasteiger partial charge in [0.05, 0.1) is 17.6 Å². The van der Waals surface area contributed by atoms with Gasteiger partial charge in [-0.25, -0.2) is 4.79 Å². The Morgan fingerprint density at radius 3 is 2.65 bits per heavy atom. The molecule has 0 fully saturated rings. The van der Waals surface area contributed by atoms with Crippen LogP contribution >= 0.6 is 15.9 Å². The van der Waals surface area contributed by atoms with E-state index in [4.69, 9.17) is 4.74 Å². The van der Waals surface area contributed by atoms with Gasteiger partial charge in [0.2, 0.25) is 0 Å². The summed E-state index contributed by atoms with van der Waals surface area (Å²) in [6.07, 6.45) is 0. The number of carbonyl (C=O) groups is 1. The maximum Gasteiger partial charge on any atom is 0.337 e. The molecule has 0 atom stereocenters.